The molecular formula is C13H10N2OSe. The van der Waals surface area contributed by atoms with Crippen LogP contribution in [0.1, 0.15) is 5.56 Å². The van der Waals surface area contributed by atoms with E-state index in [0.29, 0.717) is 0 Å². The molecule has 3 aromatic rings. The molecule has 17 heavy (non-hydrogen) atoms. The molecule has 4 heteroatoms. The van der Waals surface area contributed by atoms with E-state index in [1.807, 2.05) is 6.07 Å². The van der Waals surface area contributed by atoms with Gasteiger partial charge in [-0.2, -0.15) is 0 Å². The van der Waals surface area contributed by atoms with Crippen LogP contribution in [0.5, 0.6) is 0 Å². The summed E-state index contributed by atoms with van der Waals surface area (Å²) >= 11 is 0.0619. The molecule has 2 aromatic heterocycles. The molecule has 84 valence electrons. The number of benzene rings is 1. The average molecular weight is 289 g/mol. The minimum absolute atomic E-state index is 0.00615. The quantitative estimate of drug-likeness (QED) is 0.696. The van der Waals surface area contributed by atoms with E-state index in [9.17, 15) is 4.79 Å². The fraction of sp³-hybridized carbons (Fsp3) is 0.0769. The van der Waals surface area contributed by atoms with Crippen molar-refractivity contribution in [3.05, 3.63) is 52.6 Å². The number of aryl methyl sites for hydroxylation is 1. The monoisotopic (exact) mass is 290 g/mol. The van der Waals surface area contributed by atoms with Crippen LogP contribution in [0, 0.1) is 6.92 Å². The van der Waals surface area contributed by atoms with Crippen LogP contribution in [0.15, 0.2) is 41.5 Å². The van der Waals surface area contributed by atoms with E-state index in [2.05, 4.69) is 41.2 Å². The van der Waals surface area contributed by atoms with Gasteiger partial charge in [0.25, 0.3) is 0 Å². The van der Waals surface area contributed by atoms with Crippen molar-refractivity contribution in [2.24, 2.45) is 0 Å². The molecule has 0 unspecified atom stereocenters. The molecule has 0 fully saturated rings. The third-order valence-electron chi connectivity index (χ3n) is 2.65. The Kier molecular flexibility index (Phi) is 2.46. The van der Waals surface area contributed by atoms with E-state index in [-0.39, 0.29) is 20.1 Å². The number of rotatable bonds is 1. The molecule has 0 spiro atoms. The number of nitrogens with zero attached hydrogens (tertiary/aromatic N) is 1. The van der Waals surface area contributed by atoms with Crippen molar-refractivity contribution >= 4 is 24.3 Å². The standard InChI is InChI=1S/C13H10N2OSe/c1-8-2-4-9(5-3-8)11-6-10-12(17-11)13(16)15-7-14-10/h2-7H,1H3,(H,14,15,16). The summed E-state index contributed by atoms with van der Waals surface area (Å²) in [5.41, 5.74) is 3.25. The van der Waals surface area contributed by atoms with Gasteiger partial charge in [0.15, 0.2) is 0 Å². The number of H-pyrrole nitrogens is 1. The summed E-state index contributed by atoms with van der Waals surface area (Å²) in [4.78, 5) is 18.5. The second-order valence-electron chi connectivity index (χ2n) is 3.92. The van der Waals surface area contributed by atoms with Crippen LogP contribution in [0.25, 0.3) is 19.8 Å². The molecule has 1 N–H and O–H groups in total. The Hall–Kier alpha value is -1.64. The zero-order valence-electron chi connectivity index (χ0n) is 9.23. The van der Waals surface area contributed by atoms with Crippen LogP contribution in [-0.2, 0) is 0 Å². The van der Waals surface area contributed by atoms with Crippen molar-refractivity contribution in [1.29, 1.82) is 0 Å². The van der Waals surface area contributed by atoms with Gasteiger partial charge in [-0.15, -0.1) is 0 Å². The molecule has 0 aliphatic heterocycles. The molecular weight excluding hydrogens is 279 g/mol. The summed E-state index contributed by atoms with van der Waals surface area (Å²) in [6.07, 6.45) is 1.46. The van der Waals surface area contributed by atoms with Crippen LogP contribution >= 0.6 is 0 Å². The topological polar surface area (TPSA) is 45.8 Å². The second-order valence-corrected chi connectivity index (χ2v) is 6.13. The van der Waals surface area contributed by atoms with E-state index in [1.54, 1.807) is 0 Å². The van der Waals surface area contributed by atoms with Gasteiger partial charge in [0.1, 0.15) is 0 Å². The summed E-state index contributed by atoms with van der Waals surface area (Å²) in [5, 5.41) is 0. The number of nitrogens with one attached hydrogen (secondary N) is 1. The Bertz CT molecular complexity index is 725. The van der Waals surface area contributed by atoms with Gasteiger partial charge in [-0.05, 0) is 0 Å². The maximum atomic E-state index is 11.6. The van der Waals surface area contributed by atoms with Crippen molar-refractivity contribution in [3.8, 4) is 10.0 Å². The predicted molar refractivity (Wildman–Crippen MR) is 69.5 cm³/mol. The van der Waals surface area contributed by atoms with Crippen molar-refractivity contribution in [2.75, 3.05) is 0 Å². The van der Waals surface area contributed by atoms with E-state index >= 15 is 0 Å². The van der Waals surface area contributed by atoms with Gasteiger partial charge < -0.3 is 0 Å². The zero-order valence-corrected chi connectivity index (χ0v) is 10.9. The van der Waals surface area contributed by atoms with Gasteiger partial charge in [-0.1, -0.05) is 0 Å². The first-order valence-electron chi connectivity index (χ1n) is 5.28. The molecule has 3 nitrogen and oxygen atoms in total. The van der Waals surface area contributed by atoms with Crippen molar-refractivity contribution in [1.82, 2.24) is 9.97 Å². The molecule has 0 saturated heterocycles. The molecule has 0 aliphatic carbocycles. The number of aromatic amines is 1. The number of fused-ring (bicyclic) bond motifs is 1. The van der Waals surface area contributed by atoms with E-state index in [4.69, 9.17) is 0 Å². The van der Waals surface area contributed by atoms with Gasteiger partial charge in [-0.25, -0.2) is 0 Å². The van der Waals surface area contributed by atoms with Gasteiger partial charge >= 0.3 is 104 Å². The van der Waals surface area contributed by atoms with Crippen molar-refractivity contribution in [2.45, 2.75) is 6.92 Å². The first kappa shape index (κ1) is 10.5. The summed E-state index contributed by atoms with van der Waals surface area (Å²) < 4.78 is 2.05. The predicted octanol–water partition coefficient (Wildman–Crippen LogP) is 1.96. The molecule has 0 saturated carbocycles. The maximum absolute atomic E-state index is 11.6. The van der Waals surface area contributed by atoms with Crippen molar-refractivity contribution in [3.63, 3.8) is 0 Å². The molecule has 0 aliphatic rings. The molecule has 0 amide bonds. The SMILES string of the molecule is Cc1ccc(-c2cc3nc[nH]c(=O)c3[se]2)cc1. The number of hydrogen-bond donors (Lipinski definition) is 1. The Balaban J connectivity index is 2.21. The van der Waals surface area contributed by atoms with E-state index < -0.39 is 0 Å². The summed E-state index contributed by atoms with van der Waals surface area (Å²) in [6.45, 7) is 2.07. The van der Waals surface area contributed by atoms with Crippen LogP contribution in [0.4, 0.5) is 0 Å². The molecule has 1 aromatic carbocycles. The number of hydrogen-bond acceptors (Lipinski definition) is 2. The Morgan fingerprint density at radius 2 is 2.00 bits per heavy atom. The third-order valence-corrected chi connectivity index (χ3v) is 5.11. The van der Waals surface area contributed by atoms with Crippen LogP contribution in [0.2, 0.25) is 0 Å². The molecule has 3 rings (SSSR count). The van der Waals surface area contributed by atoms with E-state index in [0.717, 1.165) is 9.78 Å². The average Bonchev–Trinajstić information content (AvgIpc) is 2.75. The van der Waals surface area contributed by atoms with Crippen LogP contribution in [0.3, 0.4) is 0 Å². The molecule has 2 heterocycles. The van der Waals surface area contributed by atoms with Gasteiger partial charge in [-0.3, -0.25) is 0 Å². The zero-order chi connectivity index (χ0) is 11.8. The van der Waals surface area contributed by atoms with Crippen LogP contribution in [-0.4, -0.2) is 24.5 Å². The van der Waals surface area contributed by atoms with Crippen LogP contribution < -0.4 is 5.56 Å². The van der Waals surface area contributed by atoms with Crippen molar-refractivity contribution < 1.29 is 0 Å². The summed E-state index contributed by atoms with van der Waals surface area (Å²) in [6, 6.07) is 10.4. The Labute approximate surface area is 104 Å². The number of aromatic nitrogens is 2. The Morgan fingerprint density at radius 3 is 2.71 bits per heavy atom. The summed E-state index contributed by atoms with van der Waals surface area (Å²) in [5.74, 6) is 0. The fourth-order valence-corrected chi connectivity index (χ4v) is 3.85. The first-order valence-corrected chi connectivity index (χ1v) is 6.99. The van der Waals surface area contributed by atoms with Gasteiger partial charge in [0.2, 0.25) is 0 Å². The fourth-order valence-electron chi connectivity index (χ4n) is 1.73. The third kappa shape index (κ3) is 1.86. The molecule has 0 radical (unpaired) electrons. The minimum atomic E-state index is -0.00615. The summed E-state index contributed by atoms with van der Waals surface area (Å²) in [7, 11) is 0. The van der Waals surface area contributed by atoms with E-state index in [1.165, 1.54) is 21.9 Å². The Morgan fingerprint density at radius 1 is 1.24 bits per heavy atom. The van der Waals surface area contributed by atoms with Gasteiger partial charge in [0, 0.05) is 0 Å². The first-order chi connectivity index (χ1) is 8.24. The molecule has 0 atom stereocenters. The van der Waals surface area contributed by atoms with Gasteiger partial charge in [0.05, 0.1) is 0 Å². The molecule has 0 bridgehead atoms. The normalized spacial score (nSPS) is 10.9. The second kappa shape index (κ2) is 3.99.